The van der Waals surface area contributed by atoms with Gasteiger partial charge in [-0.2, -0.15) is 0 Å². The van der Waals surface area contributed by atoms with E-state index in [4.69, 9.17) is 55.9 Å². The molecular formula is C23H19Cl4NO6. The zero-order valence-electron chi connectivity index (χ0n) is 18.1. The van der Waals surface area contributed by atoms with Gasteiger partial charge in [0.1, 0.15) is 11.8 Å². The Balaban J connectivity index is 1.86. The monoisotopic (exact) mass is 545 g/mol. The average Bonchev–Trinajstić information content (AvgIpc) is 3.10. The molecule has 2 aromatic carbocycles. The average molecular weight is 547 g/mol. The van der Waals surface area contributed by atoms with E-state index in [0.717, 1.165) is 4.90 Å². The van der Waals surface area contributed by atoms with Crippen molar-refractivity contribution < 1.29 is 28.7 Å². The summed E-state index contributed by atoms with van der Waals surface area (Å²) < 4.78 is 10.3. The molecule has 0 aliphatic carbocycles. The van der Waals surface area contributed by atoms with E-state index in [1.165, 1.54) is 13.2 Å². The van der Waals surface area contributed by atoms with Crippen molar-refractivity contribution in [3.63, 3.8) is 0 Å². The van der Waals surface area contributed by atoms with Crippen LogP contribution in [-0.4, -0.2) is 48.2 Å². The van der Waals surface area contributed by atoms with Gasteiger partial charge in [0, 0.05) is 5.56 Å². The van der Waals surface area contributed by atoms with Gasteiger partial charge in [-0.15, -0.1) is 0 Å². The number of Topliss-reactive ketones (excluding diaryl/α,β-unsaturated/α-hetero) is 1. The maximum Gasteiger partial charge on any atom is 0.329 e. The number of esters is 1. The number of nitrogens with zero attached hydrogens (tertiary/aromatic N) is 1. The van der Waals surface area contributed by atoms with Crippen LogP contribution in [0.5, 0.6) is 5.75 Å². The molecule has 34 heavy (non-hydrogen) atoms. The SMILES string of the molecule is CCCC[C@@H](C(=O)OCC(=O)c1cccc(OC)c1)N1C(=O)c2c(Cl)c(Cl)c(Cl)c(Cl)c2C1=O. The van der Waals surface area contributed by atoms with Crippen molar-refractivity contribution in [1.82, 2.24) is 4.90 Å². The van der Waals surface area contributed by atoms with E-state index < -0.39 is 36.2 Å². The van der Waals surface area contributed by atoms with Crippen LogP contribution in [0.25, 0.3) is 0 Å². The van der Waals surface area contributed by atoms with Crippen LogP contribution >= 0.6 is 46.4 Å². The smallest absolute Gasteiger partial charge is 0.329 e. The summed E-state index contributed by atoms with van der Waals surface area (Å²) in [5.74, 6) is -2.61. The Labute approximate surface area is 215 Å². The van der Waals surface area contributed by atoms with Crippen molar-refractivity contribution >= 4 is 70.0 Å². The molecule has 180 valence electrons. The lowest BCUT2D eigenvalue weighted by Gasteiger charge is -2.24. The van der Waals surface area contributed by atoms with Gasteiger partial charge in [0.05, 0.1) is 38.3 Å². The van der Waals surface area contributed by atoms with Crippen LogP contribution in [-0.2, 0) is 9.53 Å². The zero-order valence-corrected chi connectivity index (χ0v) is 21.1. The van der Waals surface area contributed by atoms with Crippen LogP contribution in [0.4, 0.5) is 0 Å². The Bertz CT molecular complexity index is 1140. The predicted molar refractivity (Wildman–Crippen MR) is 129 cm³/mol. The van der Waals surface area contributed by atoms with Gasteiger partial charge < -0.3 is 9.47 Å². The highest BCUT2D eigenvalue weighted by Gasteiger charge is 2.47. The fourth-order valence-corrected chi connectivity index (χ4v) is 4.53. The van der Waals surface area contributed by atoms with Crippen molar-refractivity contribution in [2.45, 2.75) is 32.2 Å². The molecule has 0 spiro atoms. The van der Waals surface area contributed by atoms with E-state index in [1.54, 1.807) is 18.2 Å². The van der Waals surface area contributed by atoms with Gasteiger partial charge in [-0.25, -0.2) is 4.79 Å². The molecule has 3 rings (SSSR count). The van der Waals surface area contributed by atoms with Crippen molar-refractivity contribution in [2.24, 2.45) is 0 Å². The summed E-state index contributed by atoms with van der Waals surface area (Å²) in [4.78, 5) is 52.5. The minimum absolute atomic E-state index is 0.116. The first kappa shape index (κ1) is 26.3. The number of carbonyl (C=O) groups excluding carboxylic acids is 4. The zero-order chi connectivity index (χ0) is 25.2. The number of fused-ring (bicyclic) bond motifs is 1. The summed E-state index contributed by atoms with van der Waals surface area (Å²) in [6.07, 6.45) is 1.29. The quantitative estimate of drug-likeness (QED) is 0.128. The van der Waals surface area contributed by atoms with E-state index >= 15 is 0 Å². The normalized spacial score (nSPS) is 13.6. The second kappa shape index (κ2) is 11.0. The highest BCUT2D eigenvalue weighted by atomic mass is 35.5. The van der Waals surface area contributed by atoms with Gasteiger partial charge in [-0.3, -0.25) is 19.3 Å². The Morgan fingerprint density at radius 2 is 1.56 bits per heavy atom. The predicted octanol–water partition coefficient (Wildman–Crippen LogP) is 5.89. The number of ether oxygens (including phenoxy) is 2. The number of ketones is 1. The number of halogens is 4. The molecular weight excluding hydrogens is 528 g/mol. The second-order valence-corrected chi connectivity index (χ2v) is 8.92. The summed E-state index contributed by atoms with van der Waals surface area (Å²) in [5, 5.41) is -0.816. The van der Waals surface area contributed by atoms with Gasteiger partial charge in [0.2, 0.25) is 0 Å². The summed E-state index contributed by atoms with van der Waals surface area (Å²) in [6, 6.07) is 5.05. The number of carbonyl (C=O) groups is 4. The van der Waals surface area contributed by atoms with E-state index in [-0.39, 0.29) is 43.2 Å². The maximum absolute atomic E-state index is 13.2. The van der Waals surface area contributed by atoms with E-state index in [9.17, 15) is 19.2 Å². The number of benzene rings is 2. The fourth-order valence-electron chi connectivity index (χ4n) is 3.51. The summed E-state index contributed by atoms with van der Waals surface area (Å²) in [5.41, 5.74) is -0.179. The Kier molecular flexibility index (Phi) is 8.47. The Morgan fingerprint density at radius 3 is 2.09 bits per heavy atom. The standard InChI is InChI=1S/C23H19Cl4NO6/c1-3-4-8-13(23(32)34-10-14(29)11-6-5-7-12(9-11)33-2)28-21(30)15-16(22(28)31)18(25)20(27)19(26)17(15)24/h5-7,9,13H,3-4,8,10H2,1-2H3/t13-/m0/s1. The number of unbranched alkanes of at least 4 members (excludes halogenated alkanes) is 1. The molecule has 1 atom stereocenters. The number of methoxy groups -OCH3 is 1. The van der Waals surface area contributed by atoms with E-state index in [0.29, 0.717) is 18.6 Å². The Hall–Kier alpha value is -2.32. The largest absolute Gasteiger partial charge is 0.497 e. The van der Waals surface area contributed by atoms with Crippen molar-refractivity contribution in [3.8, 4) is 5.75 Å². The lowest BCUT2D eigenvalue weighted by Crippen LogP contribution is -2.46. The number of hydrogen-bond donors (Lipinski definition) is 0. The molecule has 0 saturated heterocycles. The number of hydrogen-bond acceptors (Lipinski definition) is 6. The molecule has 0 fully saturated rings. The maximum atomic E-state index is 13.2. The third-order valence-corrected chi connectivity index (χ3v) is 7.09. The third-order valence-electron chi connectivity index (χ3n) is 5.28. The molecule has 0 N–H and O–H groups in total. The van der Waals surface area contributed by atoms with Crippen LogP contribution < -0.4 is 4.74 Å². The first-order chi connectivity index (χ1) is 16.1. The van der Waals surface area contributed by atoms with Gasteiger partial charge in [-0.05, 0) is 18.6 Å². The third kappa shape index (κ3) is 4.89. The molecule has 7 nitrogen and oxygen atoms in total. The molecule has 0 bridgehead atoms. The topological polar surface area (TPSA) is 90.0 Å². The van der Waals surface area contributed by atoms with Crippen LogP contribution in [0.1, 0.15) is 57.3 Å². The lowest BCUT2D eigenvalue weighted by molar-refractivity contribution is -0.147. The fraction of sp³-hybridized carbons (Fsp3) is 0.304. The highest BCUT2D eigenvalue weighted by molar-refractivity contribution is 6.55. The highest BCUT2D eigenvalue weighted by Crippen LogP contribution is 2.45. The van der Waals surface area contributed by atoms with Crippen molar-refractivity contribution in [1.29, 1.82) is 0 Å². The van der Waals surface area contributed by atoms with Crippen LogP contribution in [0.3, 0.4) is 0 Å². The van der Waals surface area contributed by atoms with Gasteiger partial charge in [-0.1, -0.05) is 78.3 Å². The van der Waals surface area contributed by atoms with Crippen molar-refractivity contribution in [2.75, 3.05) is 13.7 Å². The van der Waals surface area contributed by atoms with E-state index in [1.807, 2.05) is 6.92 Å². The van der Waals surface area contributed by atoms with Crippen molar-refractivity contribution in [3.05, 3.63) is 61.0 Å². The number of amides is 2. The Morgan fingerprint density at radius 1 is 0.971 bits per heavy atom. The molecule has 2 aromatic rings. The summed E-state index contributed by atoms with van der Waals surface area (Å²) >= 11 is 24.5. The second-order valence-electron chi connectivity index (χ2n) is 7.41. The van der Waals surface area contributed by atoms with Gasteiger partial charge >= 0.3 is 5.97 Å². The van der Waals surface area contributed by atoms with E-state index in [2.05, 4.69) is 0 Å². The summed E-state index contributed by atoms with van der Waals surface area (Å²) in [6.45, 7) is 1.29. The summed E-state index contributed by atoms with van der Waals surface area (Å²) in [7, 11) is 1.46. The molecule has 1 aliphatic rings. The van der Waals surface area contributed by atoms with Crippen LogP contribution in [0, 0.1) is 0 Å². The number of imide groups is 1. The first-order valence-corrected chi connectivity index (χ1v) is 11.7. The molecule has 11 heteroatoms. The molecule has 0 radical (unpaired) electrons. The van der Waals surface area contributed by atoms with Crippen LogP contribution in [0.15, 0.2) is 24.3 Å². The molecule has 0 saturated carbocycles. The van der Waals surface area contributed by atoms with Gasteiger partial charge in [0.15, 0.2) is 12.4 Å². The minimum atomic E-state index is -1.30. The molecule has 1 aliphatic heterocycles. The minimum Gasteiger partial charge on any atom is -0.497 e. The lowest BCUT2D eigenvalue weighted by atomic mass is 10.1. The molecule has 2 amide bonds. The number of rotatable bonds is 9. The van der Waals surface area contributed by atoms with Crippen LogP contribution in [0.2, 0.25) is 20.1 Å². The van der Waals surface area contributed by atoms with Gasteiger partial charge in [0.25, 0.3) is 11.8 Å². The molecule has 0 unspecified atom stereocenters. The molecule has 0 aromatic heterocycles. The molecule has 1 heterocycles. The first-order valence-electron chi connectivity index (χ1n) is 10.2.